The van der Waals surface area contributed by atoms with E-state index in [1.165, 1.54) is 79.3 Å². The zero-order valence-corrected chi connectivity index (χ0v) is 38.0. The van der Waals surface area contributed by atoms with Crippen LogP contribution in [-0.4, -0.2) is 19.1 Å². The van der Waals surface area contributed by atoms with Gasteiger partial charge >= 0.3 is 0 Å². The first-order valence-electron chi connectivity index (χ1n) is 23.0. The molecular weight excluding hydrogens is 865 g/mol. The van der Waals surface area contributed by atoms with Gasteiger partial charge in [0.1, 0.15) is 0 Å². The van der Waals surface area contributed by atoms with Crippen molar-refractivity contribution in [1.82, 2.24) is 19.1 Å². The summed E-state index contributed by atoms with van der Waals surface area (Å²) in [6, 6.07) is 79.6. The van der Waals surface area contributed by atoms with Crippen LogP contribution in [0.4, 0.5) is 0 Å². The molecule has 0 spiro atoms. The van der Waals surface area contributed by atoms with E-state index >= 15 is 0 Å². The third-order valence-corrected chi connectivity index (χ3v) is 16.3. The monoisotopic (exact) mass is 900 g/mol. The first kappa shape index (κ1) is 37.8. The Morgan fingerprint density at radius 3 is 1.74 bits per heavy atom. The quantitative estimate of drug-likeness (QED) is 0.173. The van der Waals surface area contributed by atoms with Crippen LogP contribution in [0.2, 0.25) is 0 Å². The van der Waals surface area contributed by atoms with Gasteiger partial charge in [-0.2, -0.15) is 0 Å². The minimum absolute atomic E-state index is 0.657. The summed E-state index contributed by atoms with van der Waals surface area (Å²) in [4.78, 5) is 12.3. The number of fused-ring (bicyclic) bond motifs is 14. The van der Waals surface area contributed by atoms with E-state index in [0.29, 0.717) is 5.95 Å². The zero-order valence-electron chi connectivity index (χ0n) is 36.4. The summed E-state index contributed by atoms with van der Waals surface area (Å²) in [6.07, 6.45) is 0. The highest BCUT2D eigenvalue weighted by molar-refractivity contribution is 7.25. The number of hydrogen-bond donors (Lipinski definition) is 0. The Kier molecular flexibility index (Phi) is 8.07. The van der Waals surface area contributed by atoms with Crippen molar-refractivity contribution in [2.75, 3.05) is 0 Å². The van der Waals surface area contributed by atoms with Gasteiger partial charge < -0.3 is 4.57 Å². The molecule has 15 aromatic rings. The maximum atomic E-state index is 5.63. The van der Waals surface area contributed by atoms with E-state index in [1.807, 2.05) is 11.3 Å². The van der Waals surface area contributed by atoms with Crippen LogP contribution < -0.4 is 0 Å². The van der Waals surface area contributed by atoms with E-state index in [4.69, 9.17) is 9.97 Å². The molecule has 6 heteroatoms. The highest BCUT2D eigenvalue weighted by Crippen LogP contribution is 2.45. The first-order chi connectivity index (χ1) is 33.7. The lowest BCUT2D eigenvalue weighted by atomic mass is 9.98. The Bertz CT molecular complexity index is 4560. The second-order valence-electron chi connectivity index (χ2n) is 17.7. The third kappa shape index (κ3) is 5.59. The van der Waals surface area contributed by atoms with Gasteiger partial charge in [0.15, 0.2) is 0 Å². The molecule has 5 heterocycles. The Labute approximate surface area is 397 Å². The Morgan fingerprint density at radius 2 is 0.941 bits per heavy atom. The molecule has 0 saturated carbocycles. The average molecular weight is 901 g/mol. The minimum atomic E-state index is 0.657. The summed E-state index contributed by atoms with van der Waals surface area (Å²) in [5, 5.41) is 12.3. The predicted molar refractivity (Wildman–Crippen MR) is 290 cm³/mol. The van der Waals surface area contributed by atoms with E-state index < -0.39 is 0 Å². The molecule has 0 bridgehead atoms. The van der Waals surface area contributed by atoms with Gasteiger partial charge in [0.25, 0.3) is 0 Å². The van der Waals surface area contributed by atoms with Crippen molar-refractivity contribution in [3.8, 4) is 44.5 Å². The molecule has 0 N–H and O–H groups in total. The number of thiophene rings is 2. The number of aromatic nitrogens is 4. The summed E-state index contributed by atoms with van der Waals surface area (Å²) >= 11 is 3.61. The Morgan fingerprint density at radius 1 is 0.338 bits per heavy atom. The van der Waals surface area contributed by atoms with E-state index in [2.05, 4.69) is 228 Å². The maximum Gasteiger partial charge on any atom is 0.235 e. The molecule has 0 amide bonds. The van der Waals surface area contributed by atoms with Crippen LogP contribution in [0, 0.1) is 0 Å². The average Bonchev–Trinajstić information content (AvgIpc) is 4.18. The molecule has 0 unspecified atom stereocenters. The molecule has 0 fully saturated rings. The fourth-order valence-electron chi connectivity index (χ4n) is 10.8. The maximum absolute atomic E-state index is 5.63. The van der Waals surface area contributed by atoms with Gasteiger partial charge in [-0.1, -0.05) is 152 Å². The molecule has 0 saturated heterocycles. The molecule has 0 radical (unpaired) electrons. The molecule has 15 rings (SSSR count). The lowest BCUT2D eigenvalue weighted by molar-refractivity contribution is 1.02. The topological polar surface area (TPSA) is 35.6 Å². The molecule has 0 aliphatic rings. The van der Waals surface area contributed by atoms with E-state index in [1.54, 1.807) is 11.3 Å². The van der Waals surface area contributed by atoms with Gasteiger partial charge in [-0.15, -0.1) is 22.7 Å². The molecule has 10 aromatic carbocycles. The normalized spacial score (nSPS) is 12.1. The van der Waals surface area contributed by atoms with Gasteiger partial charge in [-0.25, -0.2) is 9.97 Å². The van der Waals surface area contributed by atoms with Gasteiger partial charge in [-0.3, -0.25) is 4.57 Å². The standard InChI is InChI=1S/C62H36N4S2/c1-3-15-39(16-4-1)57-36-50-61(68-57)60(42-27-32-56-48(34-42)46-21-11-12-22-55(46)67-56)64-62(63-50)66-51-29-26-40(33-49(51)59-45-20-10-8-14-38(45)25-31-53(59)66)41-23-28-47-54(35-41)65(43-17-5-2-6-18-43)52-30-24-37-13-7-9-19-44(37)58(47)52/h1-36H. The molecule has 4 nitrogen and oxygen atoms in total. The number of para-hydroxylation sites is 1. The van der Waals surface area contributed by atoms with Crippen LogP contribution >= 0.6 is 22.7 Å². The second-order valence-corrected chi connectivity index (χ2v) is 19.8. The summed E-state index contributed by atoms with van der Waals surface area (Å²) in [5.74, 6) is 0.657. The van der Waals surface area contributed by atoms with Crippen LogP contribution in [0.5, 0.6) is 0 Å². The van der Waals surface area contributed by atoms with Crippen molar-refractivity contribution < 1.29 is 0 Å². The molecule has 5 aromatic heterocycles. The van der Waals surface area contributed by atoms with E-state index in [0.717, 1.165) is 54.7 Å². The third-order valence-electron chi connectivity index (χ3n) is 13.9. The van der Waals surface area contributed by atoms with Crippen molar-refractivity contribution in [2.45, 2.75) is 0 Å². The van der Waals surface area contributed by atoms with E-state index in [-0.39, 0.29) is 0 Å². The smallest absolute Gasteiger partial charge is 0.235 e. The van der Waals surface area contributed by atoms with Crippen molar-refractivity contribution in [3.05, 3.63) is 218 Å². The SMILES string of the molecule is c1ccc(-c2cc3nc(-n4c5ccc(-c6ccc7c8c9ccccc9ccc8n(-c8ccccc8)c7c6)cc5c5c6ccccc6ccc54)nc(-c4ccc5sc6ccccc6c5c4)c3s2)cc1. The molecule has 0 aliphatic carbocycles. The van der Waals surface area contributed by atoms with Crippen LogP contribution in [0.25, 0.3) is 140 Å². The van der Waals surface area contributed by atoms with Crippen molar-refractivity contribution in [2.24, 2.45) is 0 Å². The Balaban J connectivity index is 0.981. The predicted octanol–water partition coefficient (Wildman–Crippen LogP) is 17.6. The molecule has 68 heavy (non-hydrogen) atoms. The fourth-order valence-corrected chi connectivity index (χ4v) is 13.0. The molecular formula is C62H36N4S2. The van der Waals surface area contributed by atoms with Crippen LogP contribution in [0.3, 0.4) is 0 Å². The number of rotatable bonds is 5. The molecule has 316 valence electrons. The molecule has 0 aliphatic heterocycles. The van der Waals surface area contributed by atoms with Gasteiger partial charge in [-0.05, 0) is 105 Å². The van der Waals surface area contributed by atoms with Crippen molar-refractivity contribution >= 4 is 118 Å². The summed E-state index contributed by atoms with van der Waals surface area (Å²) < 4.78 is 8.37. The van der Waals surface area contributed by atoms with Crippen molar-refractivity contribution in [3.63, 3.8) is 0 Å². The van der Waals surface area contributed by atoms with Gasteiger partial charge in [0.2, 0.25) is 5.95 Å². The summed E-state index contributed by atoms with van der Waals surface area (Å²) in [5.41, 5.74) is 12.1. The Hall–Kier alpha value is -8.42. The lowest BCUT2D eigenvalue weighted by Gasteiger charge is -2.11. The van der Waals surface area contributed by atoms with Gasteiger partial charge in [0, 0.05) is 57.8 Å². The summed E-state index contributed by atoms with van der Waals surface area (Å²) in [6.45, 7) is 0. The highest BCUT2D eigenvalue weighted by Gasteiger charge is 2.23. The largest absolute Gasteiger partial charge is 0.309 e. The van der Waals surface area contributed by atoms with Crippen LogP contribution in [-0.2, 0) is 0 Å². The molecule has 0 atom stereocenters. The van der Waals surface area contributed by atoms with Crippen LogP contribution in [0.1, 0.15) is 0 Å². The highest BCUT2D eigenvalue weighted by atomic mass is 32.1. The summed E-state index contributed by atoms with van der Waals surface area (Å²) in [7, 11) is 0. The zero-order chi connectivity index (χ0) is 44.5. The minimum Gasteiger partial charge on any atom is -0.309 e. The van der Waals surface area contributed by atoms with E-state index in [9.17, 15) is 0 Å². The first-order valence-corrected chi connectivity index (χ1v) is 24.6. The fraction of sp³-hybridized carbons (Fsp3) is 0. The number of benzene rings is 10. The lowest BCUT2D eigenvalue weighted by Crippen LogP contribution is -2.02. The van der Waals surface area contributed by atoms with Crippen molar-refractivity contribution in [1.29, 1.82) is 0 Å². The van der Waals surface area contributed by atoms with Gasteiger partial charge in [0.05, 0.1) is 38.0 Å². The number of hydrogen-bond acceptors (Lipinski definition) is 4. The number of nitrogens with zero attached hydrogens (tertiary/aromatic N) is 4. The van der Waals surface area contributed by atoms with Crippen LogP contribution in [0.15, 0.2) is 218 Å². The second kappa shape index (κ2) is 14.5.